The number of fused-ring (bicyclic) bond motifs is 3. The third kappa shape index (κ3) is 1.76. The van der Waals surface area contributed by atoms with Gasteiger partial charge in [0.2, 0.25) is 0 Å². The Balaban J connectivity index is 1.91. The zero-order valence-electron chi connectivity index (χ0n) is 12.4. The molecule has 0 unspecified atom stereocenters. The number of aromatic nitrogens is 1. The van der Waals surface area contributed by atoms with Gasteiger partial charge in [-0.05, 0) is 44.6 Å². The third-order valence-electron chi connectivity index (χ3n) is 4.80. The van der Waals surface area contributed by atoms with Crippen LogP contribution < -0.4 is 10.6 Å². The predicted molar refractivity (Wildman–Crippen MR) is 84.5 cm³/mol. The van der Waals surface area contributed by atoms with Crippen LogP contribution in [-0.4, -0.2) is 23.6 Å². The number of hydrogen-bond acceptors (Lipinski definition) is 2. The molecule has 0 atom stereocenters. The number of rotatable bonds is 2. The van der Waals surface area contributed by atoms with Crippen LogP contribution in [0.2, 0.25) is 0 Å². The van der Waals surface area contributed by atoms with Crippen molar-refractivity contribution in [3.8, 4) is 0 Å². The van der Waals surface area contributed by atoms with Crippen molar-refractivity contribution in [1.29, 1.82) is 0 Å². The van der Waals surface area contributed by atoms with Crippen LogP contribution in [0, 0.1) is 0 Å². The summed E-state index contributed by atoms with van der Waals surface area (Å²) in [5.41, 5.74) is 10.3. The Labute approximate surface area is 120 Å². The van der Waals surface area contributed by atoms with Crippen molar-refractivity contribution in [2.75, 3.05) is 18.0 Å². The maximum absolute atomic E-state index is 6.22. The van der Waals surface area contributed by atoms with Crippen LogP contribution in [0.15, 0.2) is 18.2 Å². The van der Waals surface area contributed by atoms with Crippen LogP contribution in [-0.2, 0) is 6.42 Å². The highest BCUT2D eigenvalue weighted by molar-refractivity contribution is 5.93. The average Bonchev–Trinajstić information content (AvgIpc) is 2.81. The van der Waals surface area contributed by atoms with Gasteiger partial charge in [0.05, 0.1) is 5.52 Å². The summed E-state index contributed by atoms with van der Waals surface area (Å²) in [6, 6.07) is 6.69. The summed E-state index contributed by atoms with van der Waals surface area (Å²) in [5, 5.41) is 1.43. The molecule has 1 aromatic carbocycles. The summed E-state index contributed by atoms with van der Waals surface area (Å²) < 4.78 is 0. The Hall–Kier alpha value is -1.48. The smallest absolute Gasteiger partial charge is 0.110 e. The van der Waals surface area contributed by atoms with E-state index in [4.69, 9.17) is 5.73 Å². The van der Waals surface area contributed by atoms with Gasteiger partial charge < -0.3 is 15.6 Å². The number of piperidine rings is 1. The lowest BCUT2D eigenvalue weighted by molar-refractivity contribution is 0.475. The fourth-order valence-electron chi connectivity index (χ4n) is 3.98. The van der Waals surface area contributed by atoms with Gasteiger partial charge in [0.1, 0.15) is 5.82 Å². The molecular weight excluding hydrogens is 246 g/mol. The molecule has 0 amide bonds. The van der Waals surface area contributed by atoms with Crippen LogP contribution in [0.1, 0.15) is 43.7 Å². The van der Waals surface area contributed by atoms with Gasteiger partial charge in [-0.3, -0.25) is 0 Å². The Morgan fingerprint density at radius 2 is 2.05 bits per heavy atom. The molecule has 3 aliphatic heterocycles. The molecule has 0 spiro atoms. The average molecular weight is 269 g/mol. The maximum Gasteiger partial charge on any atom is 0.110 e. The van der Waals surface area contributed by atoms with Gasteiger partial charge in [-0.2, -0.15) is 0 Å². The molecule has 0 radical (unpaired) electrons. The van der Waals surface area contributed by atoms with E-state index < -0.39 is 0 Å². The Morgan fingerprint density at radius 3 is 2.75 bits per heavy atom. The van der Waals surface area contributed by atoms with Gasteiger partial charge in [0, 0.05) is 29.6 Å². The van der Waals surface area contributed by atoms with E-state index in [-0.39, 0.29) is 5.54 Å². The lowest BCUT2D eigenvalue weighted by Crippen LogP contribution is -2.38. The zero-order valence-corrected chi connectivity index (χ0v) is 12.4. The molecule has 2 aromatic rings. The van der Waals surface area contributed by atoms with Crippen molar-refractivity contribution in [2.24, 2.45) is 5.73 Å². The number of aromatic amines is 1. The van der Waals surface area contributed by atoms with E-state index >= 15 is 0 Å². The minimum Gasteiger partial charge on any atom is -0.358 e. The first-order valence-electron chi connectivity index (χ1n) is 7.70. The van der Waals surface area contributed by atoms with Crippen LogP contribution in [0.4, 0.5) is 5.82 Å². The zero-order chi connectivity index (χ0) is 13.9. The van der Waals surface area contributed by atoms with Crippen LogP contribution in [0.25, 0.3) is 10.9 Å². The highest BCUT2D eigenvalue weighted by Gasteiger charge is 2.34. The second-order valence-corrected chi connectivity index (χ2v) is 7.15. The first-order valence-corrected chi connectivity index (χ1v) is 7.70. The summed E-state index contributed by atoms with van der Waals surface area (Å²) in [6.45, 7) is 6.62. The van der Waals surface area contributed by atoms with Crippen molar-refractivity contribution in [1.82, 2.24) is 4.98 Å². The molecule has 20 heavy (non-hydrogen) atoms. The lowest BCUT2D eigenvalue weighted by Gasteiger charge is -2.40. The van der Waals surface area contributed by atoms with Gasteiger partial charge in [-0.25, -0.2) is 0 Å². The first-order chi connectivity index (χ1) is 9.53. The van der Waals surface area contributed by atoms with Gasteiger partial charge in [0.25, 0.3) is 0 Å². The van der Waals surface area contributed by atoms with E-state index in [0.717, 1.165) is 12.3 Å². The lowest BCUT2D eigenvalue weighted by atomic mass is 9.84. The standard InChI is InChI=1S/C17H23N3/c1-17(2,18)10-12-4-3-5-13-14-11-6-8-20(9-7-11)16(14)19-15(12)13/h3-5,11,19H,6-10,18H2,1-2H3. The Bertz CT molecular complexity index is 655. The largest absolute Gasteiger partial charge is 0.358 e. The fourth-order valence-corrected chi connectivity index (χ4v) is 3.98. The molecule has 0 saturated carbocycles. The van der Waals surface area contributed by atoms with E-state index in [9.17, 15) is 0 Å². The van der Waals surface area contributed by atoms with Gasteiger partial charge >= 0.3 is 0 Å². The number of benzene rings is 1. The predicted octanol–water partition coefficient (Wildman–Crippen LogP) is 3.15. The minimum absolute atomic E-state index is 0.167. The second-order valence-electron chi connectivity index (χ2n) is 7.15. The first kappa shape index (κ1) is 12.3. The minimum atomic E-state index is -0.167. The molecule has 3 heteroatoms. The molecule has 1 saturated heterocycles. The fraction of sp³-hybridized carbons (Fsp3) is 0.529. The van der Waals surface area contributed by atoms with Crippen molar-refractivity contribution in [2.45, 2.75) is 44.6 Å². The van der Waals surface area contributed by atoms with Gasteiger partial charge in [-0.15, -0.1) is 0 Å². The maximum atomic E-state index is 6.22. The van der Waals surface area contributed by atoms with Gasteiger partial charge in [0.15, 0.2) is 0 Å². The molecule has 3 nitrogen and oxygen atoms in total. The quantitative estimate of drug-likeness (QED) is 0.879. The number of nitrogens with one attached hydrogen (secondary N) is 1. The van der Waals surface area contributed by atoms with E-state index in [0.29, 0.717) is 0 Å². The molecule has 5 rings (SSSR count). The Kier molecular flexibility index (Phi) is 2.46. The van der Waals surface area contributed by atoms with E-state index in [1.807, 2.05) is 0 Å². The van der Waals surface area contributed by atoms with Crippen molar-refractivity contribution in [3.05, 3.63) is 29.3 Å². The summed E-state index contributed by atoms with van der Waals surface area (Å²) in [4.78, 5) is 6.23. The van der Waals surface area contributed by atoms with Crippen molar-refractivity contribution < 1.29 is 0 Å². The van der Waals surface area contributed by atoms with Crippen molar-refractivity contribution >= 4 is 16.7 Å². The number of hydrogen-bond donors (Lipinski definition) is 2. The van der Waals surface area contributed by atoms with Gasteiger partial charge in [-0.1, -0.05) is 18.2 Å². The number of nitrogens with two attached hydrogens (primary N) is 1. The van der Waals surface area contributed by atoms with E-state index in [2.05, 4.69) is 41.9 Å². The molecular formula is C17H23N3. The molecule has 1 aromatic heterocycles. The third-order valence-corrected chi connectivity index (χ3v) is 4.80. The summed E-state index contributed by atoms with van der Waals surface area (Å²) >= 11 is 0. The van der Waals surface area contributed by atoms with Crippen LogP contribution in [0.3, 0.4) is 0 Å². The monoisotopic (exact) mass is 269 g/mol. The van der Waals surface area contributed by atoms with Crippen LogP contribution in [0.5, 0.6) is 0 Å². The van der Waals surface area contributed by atoms with E-state index in [1.54, 1.807) is 5.56 Å². The molecule has 2 bridgehead atoms. The van der Waals surface area contributed by atoms with Crippen molar-refractivity contribution in [3.63, 3.8) is 0 Å². The molecule has 3 N–H and O–H groups in total. The topological polar surface area (TPSA) is 45.1 Å². The van der Waals surface area contributed by atoms with E-state index in [1.165, 1.54) is 48.2 Å². The highest BCUT2D eigenvalue weighted by Crippen LogP contribution is 2.46. The molecule has 4 heterocycles. The number of anilines is 1. The molecule has 0 aliphatic carbocycles. The number of para-hydroxylation sites is 1. The normalized spacial score (nSPS) is 18.9. The van der Waals surface area contributed by atoms with Crippen LogP contribution >= 0.6 is 0 Å². The second kappa shape index (κ2) is 4.01. The Morgan fingerprint density at radius 1 is 1.30 bits per heavy atom. The SMILES string of the molecule is CC(C)(N)Cc1cccc2c3c([nH]c12)N1CCC3CC1. The molecule has 106 valence electrons. The molecule has 1 fully saturated rings. The summed E-state index contributed by atoms with van der Waals surface area (Å²) in [5.74, 6) is 2.13. The summed E-state index contributed by atoms with van der Waals surface area (Å²) in [7, 11) is 0. The molecule has 3 aliphatic rings. The number of H-pyrrole nitrogens is 1. The number of nitrogens with zero attached hydrogens (tertiary/aromatic N) is 1. The summed E-state index contributed by atoms with van der Waals surface area (Å²) in [6.07, 6.45) is 3.54. The highest BCUT2D eigenvalue weighted by atomic mass is 15.2.